The average molecular weight is 307 g/mol. The molecule has 2 atom stereocenters. The Morgan fingerprint density at radius 2 is 1.95 bits per heavy atom. The van der Waals surface area contributed by atoms with E-state index in [1.165, 1.54) is 12.3 Å². The number of aromatic nitrogens is 1. The van der Waals surface area contributed by atoms with Gasteiger partial charge in [0.2, 0.25) is 5.95 Å². The number of ether oxygens (including phenoxy) is 1. The Morgan fingerprint density at radius 3 is 2.50 bits per heavy atom. The van der Waals surface area contributed by atoms with Crippen molar-refractivity contribution in [3.8, 4) is 0 Å². The summed E-state index contributed by atoms with van der Waals surface area (Å²) in [5.74, 6) is -0.466. The van der Waals surface area contributed by atoms with Gasteiger partial charge in [0.05, 0.1) is 0 Å². The lowest BCUT2D eigenvalue weighted by Crippen LogP contribution is -2.56. The maximum atomic E-state index is 13.4. The Labute approximate surface area is 130 Å². The monoisotopic (exact) mass is 307 g/mol. The van der Waals surface area contributed by atoms with E-state index >= 15 is 0 Å². The van der Waals surface area contributed by atoms with Crippen LogP contribution in [0.15, 0.2) is 18.3 Å². The lowest BCUT2D eigenvalue weighted by Gasteiger charge is -2.42. The van der Waals surface area contributed by atoms with Crippen LogP contribution in [0.25, 0.3) is 0 Å². The van der Waals surface area contributed by atoms with Crippen molar-refractivity contribution in [1.82, 2.24) is 9.88 Å². The highest BCUT2D eigenvalue weighted by Gasteiger charge is 2.42. The second-order valence-corrected chi connectivity index (χ2v) is 7.01. The van der Waals surface area contributed by atoms with Gasteiger partial charge in [-0.25, -0.2) is 9.78 Å². The van der Waals surface area contributed by atoms with Crippen LogP contribution in [0, 0.1) is 5.95 Å². The number of carbonyl (C=O) groups excluding carboxylic acids is 1. The number of carbonyl (C=O) groups is 1. The molecule has 2 aliphatic rings. The first-order valence-corrected chi connectivity index (χ1v) is 7.71. The highest BCUT2D eigenvalue weighted by atomic mass is 19.1. The van der Waals surface area contributed by atoms with Crippen LogP contribution in [-0.2, 0) is 4.74 Å². The third kappa shape index (κ3) is 3.00. The Morgan fingerprint density at radius 1 is 1.32 bits per heavy atom. The van der Waals surface area contributed by atoms with Crippen molar-refractivity contribution in [2.24, 2.45) is 0 Å². The second-order valence-electron chi connectivity index (χ2n) is 7.01. The van der Waals surface area contributed by atoms with E-state index in [4.69, 9.17) is 4.74 Å². The Kier molecular flexibility index (Phi) is 3.70. The van der Waals surface area contributed by atoms with Crippen LogP contribution in [-0.4, -0.2) is 46.8 Å². The first-order chi connectivity index (χ1) is 10.3. The van der Waals surface area contributed by atoms with E-state index in [9.17, 15) is 9.18 Å². The maximum Gasteiger partial charge on any atom is 0.410 e. The minimum Gasteiger partial charge on any atom is -0.444 e. The number of nitrogens with zero attached hydrogens (tertiary/aromatic N) is 3. The van der Waals surface area contributed by atoms with Crippen molar-refractivity contribution < 1.29 is 13.9 Å². The molecular formula is C16H22FN3O2. The average Bonchev–Trinajstić information content (AvgIpc) is 2.67. The molecule has 22 heavy (non-hydrogen) atoms. The van der Waals surface area contributed by atoms with Gasteiger partial charge in [-0.15, -0.1) is 0 Å². The van der Waals surface area contributed by atoms with Gasteiger partial charge in [-0.05, 0) is 39.7 Å². The Bertz CT molecular complexity index is 559. The molecule has 6 heteroatoms. The van der Waals surface area contributed by atoms with Crippen molar-refractivity contribution in [2.45, 2.75) is 51.3 Å². The molecule has 0 spiro atoms. The summed E-state index contributed by atoms with van der Waals surface area (Å²) < 4.78 is 18.8. The number of anilines is 1. The molecule has 2 unspecified atom stereocenters. The van der Waals surface area contributed by atoms with E-state index < -0.39 is 11.5 Å². The van der Waals surface area contributed by atoms with E-state index in [1.54, 1.807) is 4.90 Å². The van der Waals surface area contributed by atoms with Gasteiger partial charge >= 0.3 is 6.09 Å². The minimum atomic E-state index is -0.485. The highest BCUT2D eigenvalue weighted by molar-refractivity contribution is 5.69. The summed E-state index contributed by atoms with van der Waals surface area (Å²) in [6, 6.07) is 3.73. The first-order valence-electron chi connectivity index (χ1n) is 7.71. The van der Waals surface area contributed by atoms with Crippen LogP contribution in [0.5, 0.6) is 0 Å². The molecule has 0 N–H and O–H groups in total. The number of pyridine rings is 1. The molecule has 120 valence electrons. The predicted octanol–water partition coefficient (Wildman–Crippen LogP) is 2.81. The number of halogens is 1. The molecule has 2 fully saturated rings. The van der Waals surface area contributed by atoms with Crippen LogP contribution < -0.4 is 4.90 Å². The summed E-state index contributed by atoms with van der Waals surface area (Å²) in [5, 5.41) is 0. The molecule has 0 aromatic carbocycles. The molecular weight excluding hydrogens is 285 g/mol. The number of hydrogen-bond acceptors (Lipinski definition) is 4. The largest absolute Gasteiger partial charge is 0.444 e. The van der Waals surface area contributed by atoms with Gasteiger partial charge < -0.3 is 14.5 Å². The van der Waals surface area contributed by atoms with Gasteiger partial charge in [-0.2, -0.15) is 4.39 Å². The van der Waals surface area contributed by atoms with Crippen LogP contribution >= 0.6 is 0 Å². The van der Waals surface area contributed by atoms with Gasteiger partial charge in [0.25, 0.3) is 0 Å². The summed E-state index contributed by atoms with van der Waals surface area (Å²) in [7, 11) is 0. The smallest absolute Gasteiger partial charge is 0.410 e. The molecule has 2 bridgehead atoms. The number of hydrogen-bond donors (Lipinski definition) is 0. The van der Waals surface area contributed by atoms with E-state index in [-0.39, 0.29) is 18.2 Å². The topological polar surface area (TPSA) is 45.7 Å². The van der Waals surface area contributed by atoms with Crippen molar-refractivity contribution in [3.63, 3.8) is 0 Å². The molecule has 1 aromatic rings. The van der Waals surface area contributed by atoms with E-state index in [2.05, 4.69) is 9.88 Å². The fraction of sp³-hybridized carbons (Fsp3) is 0.625. The summed E-state index contributed by atoms with van der Waals surface area (Å²) >= 11 is 0. The predicted molar refractivity (Wildman–Crippen MR) is 81.3 cm³/mol. The first kappa shape index (κ1) is 15.1. The summed E-state index contributed by atoms with van der Waals surface area (Å²) in [6.07, 6.45) is 3.25. The lowest BCUT2D eigenvalue weighted by molar-refractivity contribution is 0.0209. The van der Waals surface area contributed by atoms with Crippen LogP contribution in [0.4, 0.5) is 14.9 Å². The fourth-order valence-corrected chi connectivity index (χ4v) is 3.35. The molecule has 3 rings (SSSR count). The van der Waals surface area contributed by atoms with Gasteiger partial charge in [0, 0.05) is 43.1 Å². The molecule has 3 heterocycles. The summed E-state index contributed by atoms with van der Waals surface area (Å²) in [4.78, 5) is 19.9. The fourth-order valence-electron chi connectivity index (χ4n) is 3.35. The second kappa shape index (κ2) is 5.41. The Hall–Kier alpha value is -1.85. The van der Waals surface area contributed by atoms with E-state index in [0.29, 0.717) is 13.1 Å². The summed E-state index contributed by atoms with van der Waals surface area (Å²) in [5.41, 5.74) is 0.366. The summed E-state index contributed by atoms with van der Waals surface area (Å²) in [6.45, 7) is 6.85. The number of piperazine rings is 1. The molecule has 0 aliphatic carbocycles. The van der Waals surface area contributed by atoms with Gasteiger partial charge in [-0.1, -0.05) is 0 Å². The zero-order chi connectivity index (χ0) is 15.9. The van der Waals surface area contributed by atoms with Crippen molar-refractivity contribution in [3.05, 3.63) is 24.3 Å². The standard InChI is InChI=1S/C16H22FN3O2/c1-16(2,3)22-15(21)19-9-12-4-5-13(10-19)20(12)11-6-7-18-14(17)8-11/h6-8,12-13H,4-5,9-10H2,1-3H3. The van der Waals surface area contributed by atoms with Crippen molar-refractivity contribution in [2.75, 3.05) is 18.0 Å². The minimum absolute atomic E-state index is 0.216. The number of likely N-dealkylation sites (tertiary alicyclic amines) is 1. The normalized spacial score (nSPS) is 24.5. The third-order valence-electron chi connectivity index (χ3n) is 4.14. The lowest BCUT2D eigenvalue weighted by atomic mass is 10.1. The van der Waals surface area contributed by atoms with E-state index in [1.807, 2.05) is 26.8 Å². The maximum absolute atomic E-state index is 13.4. The molecule has 2 saturated heterocycles. The van der Waals surface area contributed by atoms with Crippen LogP contribution in [0.2, 0.25) is 0 Å². The number of fused-ring (bicyclic) bond motifs is 2. The molecule has 1 aromatic heterocycles. The molecule has 2 aliphatic heterocycles. The highest BCUT2D eigenvalue weighted by Crippen LogP contribution is 2.35. The molecule has 1 amide bonds. The molecule has 5 nitrogen and oxygen atoms in total. The number of rotatable bonds is 1. The van der Waals surface area contributed by atoms with Crippen molar-refractivity contribution in [1.29, 1.82) is 0 Å². The quantitative estimate of drug-likeness (QED) is 0.749. The zero-order valence-corrected chi connectivity index (χ0v) is 13.3. The van der Waals surface area contributed by atoms with Gasteiger partial charge in [-0.3, -0.25) is 0 Å². The molecule has 0 saturated carbocycles. The Balaban J connectivity index is 1.73. The van der Waals surface area contributed by atoms with Crippen LogP contribution in [0.1, 0.15) is 33.6 Å². The van der Waals surface area contributed by atoms with Crippen molar-refractivity contribution >= 4 is 11.8 Å². The number of amides is 1. The molecule has 0 radical (unpaired) electrons. The third-order valence-corrected chi connectivity index (χ3v) is 4.14. The zero-order valence-electron chi connectivity index (χ0n) is 13.3. The van der Waals surface area contributed by atoms with E-state index in [0.717, 1.165) is 18.5 Å². The van der Waals surface area contributed by atoms with Gasteiger partial charge in [0.1, 0.15) is 5.60 Å². The van der Waals surface area contributed by atoms with Gasteiger partial charge in [0.15, 0.2) is 0 Å². The SMILES string of the molecule is CC(C)(C)OC(=O)N1CC2CCC(C1)N2c1ccnc(F)c1. The van der Waals surface area contributed by atoms with Crippen LogP contribution in [0.3, 0.4) is 0 Å².